The average Bonchev–Trinajstić information content (AvgIpc) is 3.69. The van der Waals surface area contributed by atoms with Crippen LogP contribution in [0.1, 0.15) is 74.8 Å². The van der Waals surface area contributed by atoms with E-state index in [4.69, 9.17) is 14.6 Å². The third-order valence-electron chi connectivity index (χ3n) is 5.24. The van der Waals surface area contributed by atoms with E-state index in [1.54, 1.807) is 31.5 Å². The number of aliphatic carboxylic acids is 1. The molecule has 5 nitrogen and oxygen atoms in total. The zero-order chi connectivity index (χ0) is 22.5. The Kier molecular flexibility index (Phi) is 10.8. The Labute approximate surface area is 184 Å². The van der Waals surface area contributed by atoms with Gasteiger partial charge in [-0.15, -0.1) is 0 Å². The lowest BCUT2D eigenvalue weighted by molar-refractivity contribution is -0.136. The van der Waals surface area contributed by atoms with Gasteiger partial charge in [-0.1, -0.05) is 38.5 Å². The van der Waals surface area contributed by atoms with Crippen molar-refractivity contribution in [2.75, 3.05) is 14.2 Å². The molecule has 31 heavy (non-hydrogen) atoms. The molecule has 0 saturated heterocycles. The summed E-state index contributed by atoms with van der Waals surface area (Å²) in [6.07, 6.45) is 12.7. The largest absolute Gasteiger partial charge is 0.497 e. The van der Waals surface area contributed by atoms with Gasteiger partial charge in [0.15, 0.2) is 0 Å². The zero-order valence-corrected chi connectivity index (χ0v) is 18.6. The summed E-state index contributed by atoms with van der Waals surface area (Å²) in [5.41, 5.74) is 1.77. The number of nitrogens with zero attached hydrogens (tertiary/aromatic N) is 1. The second-order valence-electron chi connectivity index (χ2n) is 7.88. The standard InChI is InChI=1S/C13H17FO.C9H11NO3.C3H6/c1-15-11-7-8-13(14)12(9-11)10-5-3-2-4-6-10;1-13-8-6-7(4-5-10-8)2-3-9(11)12;1-2-3-1/h7-10H,2-6H2,1H3;4-6H,2-3H2,1H3,(H,11,12);1-3H2. The highest BCUT2D eigenvalue weighted by molar-refractivity contribution is 5.67. The molecule has 6 heteroatoms. The lowest BCUT2D eigenvalue weighted by Crippen LogP contribution is -2.06. The second kappa shape index (κ2) is 13.6. The van der Waals surface area contributed by atoms with E-state index in [0.29, 0.717) is 18.2 Å². The molecule has 2 fully saturated rings. The van der Waals surface area contributed by atoms with Crippen LogP contribution in [0.25, 0.3) is 0 Å². The number of halogens is 1. The maximum Gasteiger partial charge on any atom is 0.303 e. The molecule has 2 saturated carbocycles. The van der Waals surface area contributed by atoms with Crippen LogP contribution in [0.2, 0.25) is 0 Å². The van der Waals surface area contributed by atoms with Crippen LogP contribution in [0.4, 0.5) is 4.39 Å². The summed E-state index contributed by atoms with van der Waals surface area (Å²) in [7, 11) is 3.15. The predicted octanol–water partition coefficient (Wildman–Crippen LogP) is 6.16. The maximum absolute atomic E-state index is 13.6. The van der Waals surface area contributed by atoms with Gasteiger partial charge in [0.25, 0.3) is 0 Å². The Hall–Kier alpha value is -2.63. The van der Waals surface area contributed by atoms with Gasteiger partial charge in [0, 0.05) is 18.7 Å². The fourth-order valence-corrected chi connectivity index (χ4v) is 3.34. The summed E-state index contributed by atoms with van der Waals surface area (Å²) in [4.78, 5) is 14.2. The van der Waals surface area contributed by atoms with Crippen molar-refractivity contribution in [2.24, 2.45) is 0 Å². The molecule has 0 spiro atoms. The molecule has 0 bridgehead atoms. The van der Waals surface area contributed by atoms with Crippen LogP contribution in [-0.2, 0) is 11.2 Å². The molecule has 0 radical (unpaired) electrons. The first kappa shape index (κ1) is 24.6. The Morgan fingerprint density at radius 3 is 2.29 bits per heavy atom. The van der Waals surface area contributed by atoms with Crippen LogP contribution in [0, 0.1) is 5.82 Å². The van der Waals surface area contributed by atoms with Gasteiger partial charge in [-0.25, -0.2) is 9.37 Å². The molecular weight excluding hydrogens is 397 g/mol. The van der Waals surface area contributed by atoms with Crippen molar-refractivity contribution < 1.29 is 23.8 Å². The summed E-state index contributed by atoms with van der Waals surface area (Å²) in [5.74, 6) is 0.798. The molecule has 4 rings (SSSR count). The number of ether oxygens (including phenoxy) is 2. The number of aromatic nitrogens is 1. The minimum absolute atomic E-state index is 0.0808. The molecular formula is C25H34FNO4. The highest BCUT2D eigenvalue weighted by Crippen LogP contribution is 2.35. The number of aryl methyl sites for hydroxylation is 1. The highest BCUT2D eigenvalue weighted by atomic mass is 19.1. The number of carbonyl (C=O) groups is 1. The third kappa shape index (κ3) is 9.81. The van der Waals surface area contributed by atoms with Crippen molar-refractivity contribution in [2.45, 2.75) is 70.1 Å². The van der Waals surface area contributed by atoms with Gasteiger partial charge in [0.05, 0.1) is 14.2 Å². The quantitative estimate of drug-likeness (QED) is 0.593. The number of hydrogen-bond acceptors (Lipinski definition) is 4. The normalized spacial score (nSPS) is 14.9. The number of carboxylic acid groups (broad SMARTS) is 1. The van der Waals surface area contributed by atoms with Crippen LogP contribution in [0.5, 0.6) is 11.6 Å². The Morgan fingerprint density at radius 2 is 1.71 bits per heavy atom. The summed E-state index contributed by atoms with van der Waals surface area (Å²) < 4.78 is 23.7. The fourth-order valence-electron chi connectivity index (χ4n) is 3.34. The van der Waals surface area contributed by atoms with Crippen molar-refractivity contribution in [1.82, 2.24) is 4.98 Å². The SMILES string of the molecule is C1CC1.COc1cc(CCC(=O)O)ccn1.COc1ccc(F)c(C2CCCCC2)c1. The molecule has 1 N–H and O–H groups in total. The highest BCUT2D eigenvalue weighted by Gasteiger charge is 2.19. The summed E-state index contributed by atoms with van der Waals surface area (Å²) >= 11 is 0. The van der Waals surface area contributed by atoms with Crippen LogP contribution in [-0.4, -0.2) is 30.3 Å². The smallest absolute Gasteiger partial charge is 0.303 e. The van der Waals surface area contributed by atoms with Crippen molar-refractivity contribution in [3.05, 3.63) is 53.5 Å². The molecule has 1 heterocycles. The fraction of sp³-hybridized carbons (Fsp3) is 0.520. The lowest BCUT2D eigenvalue weighted by atomic mass is 9.84. The van der Waals surface area contributed by atoms with Crippen LogP contribution in [0.3, 0.4) is 0 Å². The zero-order valence-electron chi connectivity index (χ0n) is 18.6. The van der Waals surface area contributed by atoms with Crippen LogP contribution >= 0.6 is 0 Å². The monoisotopic (exact) mass is 431 g/mol. The first-order valence-electron chi connectivity index (χ1n) is 11.1. The summed E-state index contributed by atoms with van der Waals surface area (Å²) in [6, 6.07) is 8.57. The van der Waals surface area contributed by atoms with Crippen molar-refractivity contribution in [3.63, 3.8) is 0 Å². The van der Waals surface area contributed by atoms with Crippen molar-refractivity contribution in [3.8, 4) is 11.6 Å². The van der Waals surface area contributed by atoms with E-state index in [-0.39, 0.29) is 12.2 Å². The molecule has 0 atom stereocenters. The topological polar surface area (TPSA) is 68.7 Å². The molecule has 2 aliphatic carbocycles. The average molecular weight is 432 g/mol. The van der Waals surface area contributed by atoms with Gasteiger partial charge in [0.2, 0.25) is 5.88 Å². The predicted molar refractivity (Wildman–Crippen MR) is 119 cm³/mol. The number of rotatable bonds is 6. The molecule has 2 aromatic rings. The van der Waals surface area contributed by atoms with Gasteiger partial charge in [0.1, 0.15) is 11.6 Å². The molecule has 0 amide bonds. The summed E-state index contributed by atoms with van der Waals surface area (Å²) in [5, 5.41) is 8.45. The van der Waals surface area contributed by atoms with E-state index >= 15 is 0 Å². The van der Waals surface area contributed by atoms with Crippen LogP contribution < -0.4 is 9.47 Å². The molecule has 2 aliphatic rings. The molecule has 1 aromatic heterocycles. The second-order valence-corrected chi connectivity index (χ2v) is 7.88. The molecule has 0 unspecified atom stereocenters. The van der Waals surface area contributed by atoms with Gasteiger partial charge in [-0.2, -0.15) is 0 Å². The van der Waals surface area contributed by atoms with Gasteiger partial charge in [-0.05, 0) is 60.6 Å². The van der Waals surface area contributed by atoms with E-state index in [9.17, 15) is 9.18 Å². The number of benzene rings is 1. The van der Waals surface area contributed by atoms with E-state index in [1.807, 2.05) is 6.07 Å². The molecule has 0 aliphatic heterocycles. The van der Waals surface area contributed by atoms with Gasteiger partial charge >= 0.3 is 5.97 Å². The van der Waals surface area contributed by atoms with E-state index < -0.39 is 5.97 Å². The van der Waals surface area contributed by atoms with E-state index in [2.05, 4.69) is 4.98 Å². The molecule has 170 valence electrons. The van der Waals surface area contributed by atoms with Gasteiger partial charge in [-0.3, -0.25) is 4.79 Å². The lowest BCUT2D eigenvalue weighted by Gasteiger charge is -2.22. The number of carboxylic acids is 1. The minimum atomic E-state index is -0.796. The number of pyridine rings is 1. The number of methoxy groups -OCH3 is 2. The van der Waals surface area contributed by atoms with Crippen molar-refractivity contribution >= 4 is 5.97 Å². The summed E-state index contributed by atoms with van der Waals surface area (Å²) in [6.45, 7) is 0. The first-order valence-corrected chi connectivity index (χ1v) is 11.1. The number of hydrogen-bond donors (Lipinski definition) is 1. The first-order chi connectivity index (χ1) is 15.0. The van der Waals surface area contributed by atoms with Gasteiger partial charge < -0.3 is 14.6 Å². The Bertz CT molecular complexity index is 801. The van der Waals surface area contributed by atoms with Crippen LogP contribution in [0.15, 0.2) is 36.5 Å². The molecule has 1 aromatic carbocycles. The van der Waals surface area contributed by atoms with E-state index in [1.165, 1.54) is 51.7 Å². The maximum atomic E-state index is 13.6. The Balaban J connectivity index is 0.000000195. The third-order valence-corrected chi connectivity index (χ3v) is 5.24. The van der Waals surface area contributed by atoms with Crippen molar-refractivity contribution in [1.29, 1.82) is 0 Å². The van der Waals surface area contributed by atoms with E-state index in [0.717, 1.165) is 29.7 Å². The minimum Gasteiger partial charge on any atom is -0.497 e. The Morgan fingerprint density at radius 1 is 1.03 bits per heavy atom.